The summed E-state index contributed by atoms with van der Waals surface area (Å²) in [5.41, 5.74) is -0.0345. The zero-order chi connectivity index (χ0) is 12.8. The first-order valence-electron chi connectivity index (χ1n) is 6.78. The van der Waals surface area contributed by atoms with Gasteiger partial charge in [-0.05, 0) is 24.9 Å². The van der Waals surface area contributed by atoms with Crippen molar-refractivity contribution in [2.75, 3.05) is 26.2 Å². The lowest BCUT2D eigenvalue weighted by molar-refractivity contribution is 0.252. The van der Waals surface area contributed by atoms with Crippen LogP contribution in [0.2, 0.25) is 0 Å². The van der Waals surface area contributed by atoms with E-state index in [9.17, 15) is 0 Å². The highest BCUT2D eigenvalue weighted by molar-refractivity contribution is 5.00. The van der Waals surface area contributed by atoms with Gasteiger partial charge in [0.05, 0.1) is 6.54 Å². The first-order chi connectivity index (χ1) is 8.52. The molecule has 0 bridgehead atoms. The van der Waals surface area contributed by atoms with E-state index >= 15 is 0 Å². The molecule has 0 radical (unpaired) electrons. The Hall–Kier alpha value is -0.940. The van der Waals surface area contributed by atoms with Crippen LogP contribution in [0, 0.1) is 11.8 Å². The van der Waals surface area contributed by atoms with Crippen LogP contribution in [0.1, 0.15) is 32.5 Å². The Kier molecular flexibility index (Phi) is 2.90. The van der Waals surface area contributed by atoms with Gasteiger partial charge in [0.2, 0.25) is 5.89 Å². The number of likely N-dealkylation sites (tertiary alicyclic amines) is 1. The van der Waals surface area contributed by atoms with Crippen LogP contribution in [0.4, 0.5) is 0 Å². The average molecular weight is 250 g/mol. The van der Waals surface area contributed by atoms with Crippen molar-refractivity contribution < 1.29 is 4.52 Å². The molecule has 1 aromatic rings. The maximum Gasteiger partial charge on any atom is 0.240 e. The van der Waals surface area contributed by atoms with Gasteiger partial charge in [0.15, 0.2) is 5.82 Å². The molecular weight excluding hydrogens is 228 g/mol. The Bertz CT molecular complexity index is 411. The van der Waals surface area contributed by atoms with Crippen molar-refractivity contribution in [2.24, 2.45) is 11.8 Å². The molecule has 18 heavy (non-hydrogen) atoms. The third-order valence-corrected chi connectivity index (χ3v) is 3.96. The van der Waals surface area contributed by atoms with Gasteiger partial charge in [0, 0.05) is 18.5 Å². The quantitative estimate of drug-likeness (QED) is 0.849. The van der Waals surface area contributed by atoms with Crippen LogP contribution >= 0.6 is 0 Å². The maximum atomic E-state index is 5.36. The van der Waals surface area contributed by atoms with Crippen molar-refractivity contribution in [3.8, 4) is 0 Å². The number of nitrogens with one attached hydrogen (secondary N) is 1. The number of aromatic nitrogens is 2. The Morgan fingerprint density at radius 3 is 2.50 bits per heavy atom. The monoisotopic (exact) mass is 250 g/mol. The molecule has 5 heteroatoms. The van der Waals surface area contributed by atoms with Crippen LogP contribution in [-0.2, 0) is 12.0 Å². The zero-order valence-corrected chi connectivity index (χ0v) is 11.4. The minimum Gasteiger partial charge on any atom is -0.338 e. The molecule has 2 aliphatic heterocycles. The van der Waals surface area contributed by atoms with Crippen LogP contribution in [0.3, 0.4) is 0 Å². The van der Waals surface area contributed by atoms with Gasteiger partial charge in [-0.15, -0.1) is 0 Å². The van der Waals surface area contributed by atoms with Gasteiger partial charge in [0.1, 0.15) is 0 Å². The standard InChI is InChI=1S/C13H22N4O/c1-13(2,3)12-15-11(18-16-12)8-17-6-9-4-14-5-10(9)7-17/h9-10,14H,4-8H2,1-3H3/t9-,10+. The molecule has 0 spiro atoms. The fourth-order valence-corrected chi connectivity index (χ4v) is 2.90. The summed E-state index contributed by atoms with van der Waals surface area (Å²) in [6.45, 7) is 11.8. The van der Waals surface area contributed by atoms with E-state index in [1.54, 1.807) is 0 Å². The molecule has 2 atom stereocenters. The van der Waals surface area contributed by atoms with Gasteiger partial charge in [-0.1, -0.05) is 25.9 Å². The van der Waals surface area contributed by atoms with Crippen LogP contribution < -0.4 is 5.32 Å². The van der Waals surface area contributed by atoms with Crippen molar-refractivity contribution in [1.29, 1.82) is 0 Å². The van der Waals surface area contributed by atoms with Gasteiger partial charge in [-0.3, -0.25) is 4.90 Å². The highest BCUT2D eigenvalue weighted by atomic mass is 16.5. The van der Waals surface area contributed by atoms with Crippen LogP contribution in [0.15, 0.2) is 4.52 Å². The SMILES string of the molecule is CC(C)(C)c1noc(CN2C[C@H]3CNC[C@H]3C2)n1. The molecule has 3 heterocycles. The lowest BCUT2D eigenvalue weighted by atomic mass is 9.96. The summed E-state index contributed by atoms with van der Waals surface area (Å²) in [7, 11) is 0. The first kappa shape index (κ1) is 12.1. The summed E-state index contributed by atoms with van der Waals surface area (Å²) in [4.78, 5) is 6.94. The molecule has 1 N–H and O–H groups in total. The van der Waals surface area contributed by atoms with E-state index in [1.165, 1.54) is 0 Å². The number of fused-ring (bicyclic) bond motifs is 1. The summed E-state index contributed by atoms with van der Waals surface area (Å²) < 4.78 is 5.36. The zero-order valence-electron chi connectivity index (χ0n) is 11.4. The number of hydrogen-bond acceptors (Lipinski definition) is 5. The lowest BCUT2D eigenvalue weighted by Crippen LogP contribution is -2.25. The molecular formula is C13H22N4O. The molecule has 1 aromatic heterocycles. The van der Waals surface area contributed by atoms with Crippen LogP contribution in [0.25, 0.3) is 0 Å². The molecule has 0 saturated carbocycles. The van der Waals surface area contributed by atoms with E-state index in [-0.39, 0.29) is 5.41 Å². The highest BCUT2D eigenvalue weighted by Gasteiger charge is 2.36. The Balaban J connectivity index is 1.62. The fraction of sp³-hybridized carbons (Fsp3) is 0.846. The molecule has 0 aromatic carbocycles. The van der Waals surface area contributed by atoms with E-state index in [0.717, 1.165) is 56.3 Å². The second-order valence-corrected chi connectivity index (χ2v) is 6.63. The summed E-state index contributed by atoms with van der Waals surface area (Å²) in [5.74, 6) is 3.19. The van der Waals surface area contributed by atoms with Gasteiger partial charge >= 0.3 is 0 Å². The molecule has 3 rings (SSSR count). The first-order valence-corrected chi connectivity index (χ1v) is 6.78. The van der Waals surface area contributed by atoms with Gasteiger partial charge in [-0.2, -0.15) is 4.98 Å². The molecule has 100 valence electrons. The topological polar surface area (TPSA) is 54.2 Å². The molecule has 2 fully saturated rings. The molecule has 0 unspecified atom stereocenters. The van der Waals surface area contributed by atoms with E-state index < -0.39 is 0 Å². The summed E-state index contributed by atoms with van der Waals surface area (Å²) >= 11 is 0. The minimum atomic E-state index is -0.0345. The van der Waals surface area contributed by atoms with E-state index in [4.69, 9.17) is 4.52 Å². The van der Waals surface area contributed by atoms with Crippen LogP contribution in [0.5, 0.6) is 0 Å². The molecule has 5 nitrogen and oxygen atoms in total. The second-order valence-electron chi connectivity index (χ2n) is 6.63. The Morgan fingerprint density at radius 2 is 1.94 bits per heavy atom. The highest BCUT2D eigenvalue weighted by Crippen LogP contribution is 2.27. The molecule has 0 aliphatic carbocycles. The van der Waals surface area contributed by atoms with Crippen molar-refractivity contribution in [2.45, 2.75) is 32.7 Å². The minimum absolute atomic E-state index is 0.0345. The number of hydrogen-bond donors (Lipinski definition) is 1. The number of rotatable bonds is 2. The normalized spacial score (nSPS) is 28.8. The third kappa shape index (κ3) is 2.29. The predicted molar refractivity (Wildman–Crippen MR) is 68.1 cm³/mol. The predicted octanol–water partition coefficient (Wildman–Crippen LogP) is 1.02. The van der Waals surface area contributed by atoms with Crippen molar-refractivity contribution in [3.05, 3.63) is 11.7 Å². The summed E-state index contributed by atoms with van der Waals surface area (Å²) in [6, 6.07) is 0. The second kappa shape index (κ2) is 4.31. The average Bonchev–Trinajstić information content (AvgIpc) is 2.90. The number of nitrogens with zero attached hydrogens (tertiary/aromatic N) is 3. The third-order valence-electron chi connectivity index (χ3n) is 3.96. The van der Waals surface area contributed by atoms with E-state index in [2.05, 4.69) is 41.1 Å². The van der Waals surface area contributed by atoms with E-state index in [1.807, 2.05) is 0 Å². The van der Waals surface area contributed by atoms with Gasteiger partial charge in [0.25, 0.3) is 0 Å². The maximum absolute atomic E-state index is 5.36. The van der Waals surface area contributed by atoms with Gasteiger partial charge < -0.3 is 9.84 Å². The van der Waals surface area contributed by atoms with Crippen molar-refractivity contribution in [3.63, 3.8) is 0 Å². The molecule has 2 saturated heterocycles. The summed E-state index contributed by atoms with van der Waals surface area (Å²) in [6.07, 6.45) is 0. The Morgan fingerprint density at radius 1 is 1.28 bits per heavy atom. The fourth-order valence-electron chi connectivity index (χ4n) is 2.90. The molecule has 2 aliphatic rings. The molecule has 0 amide bonds. The largest absolute Gasteiger partial charge is 0.338 e. The lowest BCUT2D eigenvalue weighted by Gasteiger charge is -2.14. The smallest absolute Gasteiger partial charge is 0.240 e. The van der Waals surface area contributed by atoms with Crippen LogP contribution in [-0.4, -0.2) is 41.2 Å². The van der Waals surface area contributed by atoms with E-state index in [0.29, 0.717) is 0 Å². The van der Waals surface area contributed by atoms with Gasteiger partial charge in [-0.25, -0.2) is 0 Å². The Labute approximate surface area is 108 Å². The van der Waals surface area contributed by atoms with Crippen molar-refractivity contribution >= 4 is 0 Å². The van der Waals surface area contributed by atoms with Crippen molar-refractivity contribution in [1.82, 2.24) is 20.4 Å². The summed E-state index contributed by atoms with van der Waals surface area (Å²) in [5, 5.41) is 7.53.